The molecule has 0 spiro atoms. The molecule has 0 bridgehead atoms. The number of rotatable bonds is 5. The predicted molar refractivity (Wildman–Crippen MR) is 114 cm³/mol. The Morgan fingerprint density at radius 2 is 1.65 bits per heavy atom. The van der Waals surface area contributed by atoms with Gasteiger partial charge in [0.25, 0.3) is 11.8 Å². The summed E-state index contributed by atoms with van der Waals surface area (Å²) in [5.41, 5.74) is 0.652. The first-order chi connectivity index (χ1) is 15.1. The van der Waals surface area contributed by atoms with Crippen LogP contribution in [0.4, 0.5) is 4.39 Å². The minimum absolute atomic E-state index is 0.0702. The topological polar surface area (TPSA) is 59.1 Å². The van der Waals surface area contributed by atoms with Crippen molar-refractivity contribution in [1.29, 1.82) is 0 Å². The van der Waals surface area contributed by atoms with E-state index >= 15 is 0 Å². The van der Waals surface area contributed by atoms with Crippen LogP contribution in [0.5, 0.6) is 5.75 Å². The molecule has 4 rings (SSSR count). The van der Waals surface area contributed by atoms with Crippen molar-refractivity contribution in [2.75, 3.05) is 39.4 Å². The van der Waals surface area contributed by atoms with Crippen LogP contribution >= 0.6 is 0 Å². The van der Waals surface area contributed by atoms with Crippen LogP contribution in [0.15, 0.2) is 48.5 Å². The minimum atomic E-state index is -0.522. The van der Waals surface area contributed by atoms with Crippen LogP contribution < -0.4 is 4.74 Å². The second-order valence-electron chi connectivity index (χ2n) is 7.89. The maximum Gasteiger partial charge on any atom is 0.256 e. The number of carbonyl (C=O) groups is 2. The van der Waals surface area contributed by atoms with E-state index in [4.69, 9.17) is 9.47 Å². The van der Waals surface area contributed by atoms with Gasteiger partial charge in [0.1, 0.15) is 18.2 Å². The molecular weight excluding hydrogens is 399 g/mol. The molecule has 1 atom stereocenters. The van der Waals surface area contributed by atoms with Gasteiger partial charge in [-0.15, -0.1) is 0 Å². The Hall–Kier alpha value is -2.93. The number of nitrogens with zero attached hydrogens (tertiary/aromatic N) is 2. The lowest BCUT2D eigenvalue weighted by Gasteiger charge is -2.22. The van der Waals surface area contributed by atoms with Gasteiger partial charge in [0.05, 0.1) is 11.7 Å². The van der Waals surface area contributed by atoms with Crippen molar-refractivity contribution in [3.63, 3.8) is 0 Å². The monoisotopic (exact) mass is 426 g/mol. The summed E-state index contributed by atoms with van der Waals surface area (Å²) < 4.78 is 25.3. The Bertz CT molecular complexity index is 912. The zero-order valence-electron chi connectivity index (χ0n) is 17.5. The van der Waals surface area contributed by atoms with Crippen LogP contribution in [0.3, 0.4) is 0 Å². The van der Waals surface area contributed by atoms with E-state index in [0.29, 0.717) is 50.5 Å². The minimum Gasteiger partial charge on any atom is -0.491 e. The lowest BCUT2D eigenvalue weighted by atomic mass is 10.2. The van der Waals surface area contributed by atoms with Gasteiger partial charge in [0.15, 0.2) is 0 Å². The fourth-order valence-corrected chi connectivity index (χ4v) is 3.97. The molecule has 7 heteroatoms. The molecule has 0 radical (unpaired) electrons. The summed E-state index contributed by atoms with van der Waals surface area (Å²) in [7, 11) is 0. The molecular formula is C24H27FN2O4. The van der Waals surface area contributed by atoms with Crippen molar-refractivity contribution in [1.82, 2.24) is 9.80 Å². The third-order valence-electron chi connectivity index (χ3n) is 5.74. The SMILES string of the molecule is O=C(c1ccc(OCC2CCCO2)cc1)N1CCCN(C(=O)c2ccccc2F)CC1. The second kappa shape index (κ2) is 9.92. The van der Waals surface area contributed by atoms with Crippen LogP contribution in [0.2, 0.25) is 0 Å². The maximum absolute atomic E-state index is 14.0. The number of amides is 2. The number of ether oxygens (including phenoxy) is 2. The zero-order valence-corrected chi connectivity index (χ0v) is 17.5. The summed E-state index contributed by atoms with van der Waals surface area (Å²) in [5.74, 6) is -0.220. The highest BCUT2D eigenvalue weighted by atomic mass is 19.1. The third-order valence-corrected chi connectivity index (χ3v) is 5.74. The molecule has 2 aliphatic heterocycles. The van der Waals surface area contributed by atoms with Gasteiger partial charge in [-0.25, -0.2) is 4.39 Å². The zero-order chi connectivity index (χ0) is 21.6. The van der Waals surface area contributed by atoms with Crippen LogP contribution in [0.25, 0.3) is 0 Å². The van der Waals surface area contributed by atoms with Crippen LogP contribution in [0.1, 0.15) is 40.0 Å². The number of hydrogen-bond donors (Lipinski definition) is 0. The highest BCUT2D eigenvalue weighted by Gasteiger charge is 2.25. The van der Waals surface area contributed by atoms with Gasteiger partial charge in [-0.2, -0.15) is 0 Å². The summed E-state index contributed by atoms with van der Waals surface area (Å²) in [6.45, 7) is 3.15. The molecule has 6 nitrogen and oxygen atoms in total. The quantitative estimate of drug-likeness (QED) is 0.736. The number of halogens is 1. The highest BCUT2D eigenvalue weighted by molar-refractivity contribution is 5.95. The molecule has 0 N–H and O–H groups in total. The molecule has 2 aromatic rings. The molecule has 2 fully saturated rings. The van der Waals surface area contributed by atoms with Gasteiger partial charge >= 0.3 is 0 Å². The molecule has 0 aromatic heterocycles. The average Bonchev–Trinajstić information content (AvgIpc) is 3.20. The normalized spacial score (nSPS) is 19.2. The molecule has 2 aromatic carbocycles. The Kier molecular flexibility index (Phi) is 6.82. The maximum atomic E-state index is 14.0. The van der Waals surface area contributed by atoms with Gasteiger partial charge in [-0.3, -0.25) is 9.59 Å². The molecule has 2 heterocycles. The number of hydrogen-bond acceptors (Lipinski definition) is 4. The molecule has 2 amide bonds. The average molecular weight is 426 g/mol. The van der Waals surface area contributed by atoms with Crippen molar-refractivity contribution in [2.45, 2.75) is 25.4 Å². The molecule has 1 unspecified atom stereocenters. The lowest BCUT2D eigenvalue weighted by molar-refractivity contribution is 0.0678. The van der Waals surface area contributed by atoms with Gasteiger partial charge in [0.2, 0.25) is 0 Å². The predicted octanol–water partition coefficient (Wildman–Crippen LogP) is 3.37. The summed E-state index contributed by atoms with van der Waals surface area (Å²) in [6.07, 6.45) is 2.88. The first kappa shape index (κ1) is 21.3. The first-order valence-electron chi connectivity index (χ1n) is 10.8. The fraction of sp³-hybridized carbons (Fsp3) is 0.417. The summed E-state index contributed by atoms with van der Waals surface area (Å²) >= 11 is 0. The fourth-order valence-electron chi connectivity index (χ4n) is 3.97. The first-order valence-corrected chi connectivity index (χ1v) is 10.8. The molecule has 164 valence electrons. The Balaban J connectivity index is 1.33. The summed E-state index contributed by atoms with van der Waals surface area (Å²) in [5, 5.41) is 0. The van der Waals surface area contributed by atoms with Crippen LogP contribution in [0, 0.1) is 5.82 Å². The Morgan fingerprint density at radius 3 is 2.32 bits per heavy atom. The standard InChI is InChI=1S/C24H27FN2O4/c25-22-7-2-1-6-21(22)24(29)27-13-4-12-26(14-15-27)23(28)18-8-10-19(11-9-18)31-17-20-5-3-16-30-20/h1-2,6-11,20H,3-5,12-17H2. The van der Waals surface area contributed by atoms with E-state index in [2.05, 4.69) is 0 Å². The third kappa shape index (κ3) is 5.22. The molecule has 2 aliphatic rings. The smallest absolute Gasteiger partial charge is 0.256 e. The summed E-state index contributed by atoms with van der Waals surface area (Å²) in [6, 6.07) is 13.1. The van der Waals surface area contributed by atoms with E-state index < -0.39 is 5.82 Å². The number of carbonyl (C=O) groups excluding carboxylic acids is 2. The second-order valence-corrected chi connectivity index (χ2v) is 7.89. The van der Waals surface area contributed by atoms with Crippen molar-refractivity contribution in [3.05, 3.63) is 65.5 Å². The van der Waals surface area contributed by atoms with Crippen molar-refractivity contribution in [3.8, 4) is 5.75 Å². The van der Waals surface area contributed by atoms with E-state index in [0.717, 1.165) is 19.4 Å². The van der Waals surface area contributed by atoms with Crippen LogP contribution in [-0.4, -0.2) is 67.1 Å². The van der Waals surface area contributed by atoms with Crippen LogP contribution in [-0.2, 0) is 4.74 Å². The van der Waals surface area contributed by atoms with E-state index in [1.54, 1.807) is 46.2 Å². The molecule has 2 saturated heterocycles. The van der Waals surface area contributed by atoms with Crippen molar-refractivity contribution >= 4 is 11.8 Å². The van der Waals surface area contributed by atoms with E-state index in [1.807, 2.05) is 0 Å². The molecule has 0 saturated carbocycles. The Morgan fingerprint density at radius 1 is 0.935 bits per heavy atom. The van der Waals surface area contributed by atoms with Gasteiger partial charge in [-0.1, -0.05) is 12.1 Å². The summed E-state index contributed by atoms with van der Waals surface area (Å²) in [4.78, 5) is 29.0. The number of benzene rings is 2. The Labute approximate surface area is 181 Å². The van der Waals surface area contributed by atoms with E-state index in [9.17, 15) is 14.0 Å². The van der Waals surface area contributed by atoms with Gasteiger partial charge in [0, 0.05) is 38.3 Å². The van der Waals surface area contributed by atoms with Gasteiger partial charge < -0.3 is 19.3 Å². The van der Waals surface area contributed by atoms with Gasteiger partial charge in [-0.05, 0) is 55.7 Å². The molecule has 0 aliphatic carbocycles. The largest absolute Gasteiger partial charge is 0.491 e. The highest BCUT2D eigenvalue weighted by Crippen LogP contribution is 2.18. The van der Waals surface area contributed by atoms with E-state index in [1.165, 1.54) is 12.1 Å². The van der Waals surface area contributed by atoms with Crippen molar-refractivity contribution in [2.24, 2.45) is 0 Å². The lowest BCUT2D eigenvalue weighted by Crippen LogP contribution is -2.37. The van der Waals surface area contributed by atoms with E-state index in [-0.39, 0.29) is 23.5 Å². The molecule has 31 heavy (non-hydrogen) atoms. The van der Waals surface area contributed by atoms with Crippen molar-refractivity contribution < 1.29 is 23.5 Å².